The van der Waals surface area contributed by atoms with Crippen molar-refractivity contribution in [2.75, 3.05) is 5.32 Å². The first-order chi connectivity index (χ1) is 14.7. The number of nitrogens with one attached hydrogen (secondary N) is 1. The molecule has 0 saturated heterocycles. The molecule has 0 spiro atoms. The van der Waals surface area contributed by atoms with Crippen LogP contribution in [0.2, 0.25) is 0 Å². The van der Waals surface area contributed by atoms with Crippen molar-refractivity contribution in [2.45, 2.75) is 46.1 Å². The summed E-state index contributed by atoms with van der Waals surface area (Å²) in [5, 5.41) is 3.02. The Morgan fingerprint density at radius 2 is 1.80 bits per heavy atom. The minimum absolute atomic E-state index is 0.0780. The van der Waals surface area contributed by atoms with E-state index >= 15 is 0 Å². The zero-order valence-electron chi connectivity index (χ0n) is 17.5. The van der Waals surface area contributed by atoms with Crippen molar-refractivity contribution < 1.29 is 4.79 Å². The maximum absolute atomic E-state index is 12.8. The van der Waals surface area contributed by atoms with Gasteiger partial charge in [0.25, 0.3) is 5.91 Å². The van der Waals surface area contributed by atoms with Crippen molar-refractivity contribution in [2.24, 2.45) is 0 Å². The maximum atomic E-state index is 12.8. The van der Waals surface area contributed by atoms with Gasteiger partial charge in [0.05, 0.1) is 20.8 Å². The van der Waals surface area contributed by atoms with Gasteiger partial charge in [-0.25, -0.2) is 4.98 Å². The third-order valence-corrected chi connectivity index (χ3v) is 6.26. The predicted molar refractivity (Wildman–Crippen MR) is 126 cm³/mol. The molecular weight excluding hydrogens is 390 g/mol. The van der Waals surface area contributed by atoms with Gasteiger partial charge in [-0.3, -0.25) is 4.79 Å². The molecule has 0 bridgehead atoms. The highest BCUT2D eigenvalue weighted by Gasteiger charge is 2.16. The molecule has 4 nitrogen and oxygen atoms in total. The second-order valence-electron chi connectivity index (χ2n) is 7.49. The summed E-state index contributed by atoms with van der Waals surface area (Å²) >= 11 is 1.49. The van der Waals surface area contributed by atoms with Crippen molar-refractivity contribution in [3.63, 3.8) is 0 Å². The van der Waals surface area contributed by atoms with E-state index in [0.29, 0.717) is 4.88 Å². The molecule has 0 fully saturated rings. The summed E-state index contributed by atoms with van der Waals surface area (Å²) in [6.07, 6.45) is 4.48. The second kappa shape index (κ2) is 9.26. The largest absolute Gasteiger partial charge is 0.323 e. The molecule has 154 valence electrons. The summed E-state index contributed by atoms with van der Waals surface area (Å²) in [4.78, 5) is 19.3. The van der Waals surface area contributed by atoms with Crippen molar-refractivity contribution in [1.29, 1.82) is 0 Å². The molecule has 0 atom stereocenters. The van der Waals surface area contributed by atoms with Gasteiger partial charge >= 0.3 is 0 Å². The van der Waals surface area contributed by atoms with Crippen molar-refractivity contribution in [3.05, 3.63) is 71.1 Å². The van der Waals surface area contributed by atoms with Crippen LogP contribution in [0.3, 0.4) is 0 Å². The highest BCUT2D eigenvalue weighted by Crippen LogP contribution is 2.31. The summed E-state index contributed by atoms with van der Waals surface area (Å²) in [7, 11) is 0. The third kappa shape index (κ3) is 4.31. The monoisotopic (exact) mass is 417 g/mol. The molecule has 4 rings (SSSR count). The Morgan fingerprint density at radius 3 is 2.57 bits per heavy atom. The average molecular weight is 418 g/mol. The van der Waals surface area contributed by atoms with Crippen LogP contribution in [0.15, 0.2) is 60.7 Å². The van der Waals surface area contributed by atoms with Crippen LogP contribution in [-0.4, -0.2) is 15.5 Å². The molecule has 1 N–H and O–H groups in total. The average Bonchev–Trinajstić information content (AvgIpc) is 3.39. The predicted octanol–water partition coefficient (Wildman–Crippen LogP) is 6.77. The molecule has 30 heavy (non-hydrogen) atoms. The number of aromatic nitrogens is 2. The minimum Gasteiger partial charge on any atom is -0.323 e. The standard InChI is InChI=1S/C25H27N3OS/c1-3-5-8-18-11-13-19(14-12-18)26-25(29)23-16-15-22(30-23)24-27-20-9-6-7-10-21(20)28(24)17-4-2/h6-7,9-16H,3-5,8,17H2,1-2H3,(H,26,29). The molecule has 0 aliphatic heterocycles. The number of hydrogen-bond acceptors (Lipinski definition) is 3. The Labute approximate surface area is 181 Å². The van der Waals surface area contributed by atoms with E-state index in [1.165, 1.54) is 29.7 Å². The van der Waals surface area contributed by atoms with E-state index in [-0.39, 0.29) is 5.91 Å². The van der Waals surface area contributed by atoms with Gasteiger partial charge in [-0.05, 0) is 61.2 Å². The number of thiophene rings is 1. The molecule has 4 aromatic rings. The van der Waals surface area contributed by atoms with Gasteiger partial charge in [-0.1, -0.05) is 44.5 Å². The number of rotatable bonds is 8. The van der Waals surface area contributed by atoms with Crippen molar-refractivity contribution >= 4 is 34.0 Å². The molecule has 2 heterocycles. The fourth-order valence-electron chi connectivity index (χ4n) is 3.62. The van der Waals surface area contributed by atoms with Crippen LogP contribution in [0, 0.1) is 0 Å². The van der Waals surface area contributed by atoms with Crippen LogP contribution in [0.1, 0.15) is 48.3 Å². The highest BCUT2D eigenvalue weighted by molar-refractivity contribution is 7.17. The van der Waals surface area contributed by atoms with Gasteiger partial charge in [-0.15, -0.1) is 11.3 Å². The molecule has 0 radical (unpaired) electrons. The molecule has 0 aliphatic carbocycles. The van der Waals surface area contributed by atoms with Crippen molar-refractivity contribution in [1.82, 2.24) is 9.55 Å². The summed E-state index contributed by atoms with van der Waals surface area (Å²) in [5.74, 6) is 0.855. The number of unbranched alkanes of at least 4 members (excludes halogenated alkanes) is 1. The zero-order valence-corrected chi connectivity index (χ0v) is 18.3. The first kappa shape index (κ1) is 20.4. The smallest absolute Gasteiger partial charge is 0.265 e. The van der Waals surface area contributed by atoms with E-state index in [4.69, 9.17) is 4.98 Å². The van der Waals surface area contributed by atoms with Gasteiger partial charge in [0, 0.05) is 12.2 Å². The summed E-state index contributed by atoms with van der Waals surface area (Å²) in [6, 6.07) is 20.2. The lowest BCUT2D eigenvalue weighted by Crippen LogP contribution is -2.09. The van der Waals surface area contributed by atoms with Crippen LogP contribution >= 0.6 is 11.3 Å². The summed E-state index contributed by atoms with van der Waals surface area (Å²) in [5.41, 5.74) is 4.26. The molecule has 2 aromatic heterocycles. The highest BCUT2D eigenvalue weighted by atomic mass is 32.1. The number of para-hydroxylation sites is 2. The Morgan fingerprint density at radius 1 is 1.00 bits per heavy atom. The Bertz CT molecular complexity index is 1140. The number of anilines is 1. The molecule has 0 saturated carbocycles. The van der Waals surface area contributed by atoms with Gasteiger partial charge in [0.2, 0.25) is 0 Å². The molecule has 0 unspecified atom stereocenters. The van der Waals surface area contributed by atoms with Crippen molar-refractivity contribution in [3.8, 4) is 10.7 Å². The fourth-order valence-corrected chi connectivity index (χ4v) is 4.52. The van der Waals surface area contributed by atoms with Gasteiger partial charge in [0.1, 0.15) is 0 Å². The van der Waals surface area contributed by atoms with Gasteiger partial charge < -0.3 is 9.88 Å². The van der Waals surface area contributed by atoms with Crippen LogP contribution in [0.4, 0.5) is 5.69 Å². The number of carbonyl (C=O) groups is 1. The maximum Gasteiger partial charge on any atom is 0.265 e. The normalized spacial score (nSPS) is 11.1. The number of benzene rings is 2. The van der Waals surface area contributed by atoms with Crippen LogP contribution < -0.4 is 5.32 Å². The van der Waals surface area contributed by atoms with Gasteiger partial charge in [0.15, 0.2) is 5.82 Å². The third-order valence-electron chi connectivity index (χ3n) is 5.18. The SMILES string of the molecule is CCCCc1ccc(NC(=O)c2ccc(-c3nc4ccccc4n3CCC)s2)cc1. The van der Waals surface area contributed by atoms with Crippen LogP contribution in [0.5, 0.6) is 0 Å². The molecular formula is C25H27N3OS. The number of imidazole rings is 1. The van der Waals surface area contributed by atoms with E-state index in [1.807, 2.05) is 42.5 Å². The molecule has 1 amide bonds. The van der Waals surface area contributed by atoms with E-state index < -0.39 is 0 Å². The molecule has 2 aromatic carbocycles. The lowest BCUT2D eigenvalue weighted by Gasteiger charge is -2.06. The number of carbonyl (C=O) groups excluding carboxylic acids is 1. The minimum atomic E-state index is -0.0780. The Balaban J connectivity index is 1.53. The van der Waals surface area contributed by atoms with Gasteiger partial charge in [-0.2, -0.15) is 0 Å². The van der Waals surface area contributed by atoms with E-state index in [1.54, 1.807) is 0 Å². The number of nitrogens with zero attached hydrogens (tertiary/aromatic N) is 2. The molecule has 5 heteroatoms. The lowest BCUT2D eigenvalue weighted by atomic mass is 10.1. The topological polar surface area (TPSA) is 46.9 Å². The van der Waals surface area contributed by atoms with E-state index in [9.17, 15) is 4.79 Å². The first-order valence-corrected chi connectivity index (χ1v) is 11.5. The number of aryl methyl sites for hydroxylation is 2. The number of hydrogen-bond donors (Lipinski definition) is 1. The zero-order chi connectivity index (χ0) is 20.9. The second-order valence-corrected chi connectivity index (χ2v) is 8.58. The first-order valence-electron chi connectivity index (χ1n) is 10.7. The quantitative estimate of drug-likeness (QED) is 0.344. The Kier molecular flexibility index (Phi) is 6.29. The fraction of sp³-hybridized carbons (Fsp3) is 0.280. The summed E-state index contributed by atoms with van der Waals surface area (Å²) < 4.78 is 2.25. The Hall–Kier alpha value is -2.92. The summed E-state index contributed by atoms with van der Waals surface area (Å²) in [6.45, 7) is 5.26. The van der Waals surface area contributed by atoms with E-state index in [0.717, 1.165) is 46.8 Å². The lowest BCUT2D eigenvalue weighted by molar-refractivity contribution is 0.103. The van der Waals surface area contributed by atoms with Crippen LogP contribution in [0.25, 0.3) is 21.7 Å². The van der Waals surface area contributed by atoms with E-state index in [2.05, 4.69) is 41.9 Å². The molecule has 0 aliphatic rings. The van der Waals surface area contributed by atoms with Crippen LogP contribution in [-0.2, 0) is 13.0 Å². The number of amides is 1. The number of fused-ring (bicyclic) bond motifs is 1.